The number of fused-ring (bicyclic) bond motifs is 1. The number of hydrogen-bond donors (Lipinski definition) is 2. The van der Waals surface area contributed by atoms with Crippen molar-refractivity contribution in [3.05, 3.63) is 41.6 Å². The summed E-state index contributed by atoms with van der Waals surface area (Å²) in [4.78, 5) is 9.30. The predicted molar refractivity (Wildman–Crippen MR) is 132 cm³/mol. The van der Waals surface area contributed by atoms with Crippen molar-refractivity contribution in [3.8, 4) is 17.0 Å². The first-order valence-corrected chi connectivity index (χ1v) is 13.4. The molecule has 182 valence electrons. The zero-order chi connectivity index (χ0) is 24.1. The summed E-state index contributed by atoms with van der Waals surface area (Å²) in [6, 6.07) is 8.04. The van der Waals surface area contributed by atoms with Gasteiger partial charge < -0.3 is 15.0 Å². The van der Waals surface area contributed by atoms with E-state index in [1.54, 1.807) is 13.3 Å². The van der Waals surface area contributed by atoms with Gasteiger partial charge in [0.15, 0.2) is 0 Å². The molecule has 0 saturated heterocycles. The van der Waals surface area contributed by atoms with Gasteiger partial charge in [-0.05, 0) is 68.1 Å². The molecule has 0 spiro atoms. The highest BCUT2D eigenvalue weighted by Gasteiger charge is 2.23. The van der Waals surface area contributed by atoms with Crippen LogP contribution in [0.4, 0.5) is 11.6 Å². The van der Waals surface area contributed by atoms with Crippen LogP contribution in [-0.2, 0) is 22.7 Å². The van der Waals surface area contributed by atoms with Gasteiger partial charge in [0.1, 0.15) is 0 Å². The van der Waals surface area contributed by atoms with Gasteiger partial charge in [-0.15, -0.1) is 10.2 Å². The van der Waals surface area contributed by atoms with E-state index in [0.717, 1.165) is 55.7 Å². The number of anilines is 2. The molecular weight excluding hydrogens is 452 g/mol. The van der Waals surface area contributed by atoms with Crippen LogP contribution in [0.5, 0.6) is 5.88 Å². The number of pyridine rings is 1. The molecule has 4 rings (SSSR count). The Labute approximate surface area is 200 Å². The van der Waals surface area contributed by atoms with Crippen molar-refractivity contribution in [1.82, 2.24) is 25.1 Å². The van der Waals surface area contributed by atoms with Gasteiger partial charge in [0.25, 0.3) is 0 Å². The predicted octanol–water partition coefficient (Wildman–Crippen LogP) is 3.61. The van der Waals surface area contributed by atoms with E-state index in [0.29, 0.717) is 18.2 Å². The number of ether oxygens (including phenoxy) is 1. The van der Waals surface area contributed by atoms with Crippen LogP contribution in [-0.4, -0.2) is 66.0 Å². The molecule has 0 bridgehead atoms. The number of rotatable bonds is 11. The van der Waals surface area contributed by atoms with Crippen LogP contribution in [0, 0.1) is 0 Å². The normalized spacial score (nSPS) is 13.3. The topological polar surface area (TPSA) is 113 Å². The highest BCUT2D eigenvalue weighted by Crippen LogP contribution is 2.39. The second kappa shape index (κ2) is 10.5. The number of aryl methyl sites for hydroxylation is 1. The van der Waals surface area contributed by atoms with Crippen molar-refractivity contribution >= 4 is 21.5 Å². The average molecular weight is 485 g/mol. The quantitative estimate of drug-likeness (QED) is 0.424. The van der Waals surface area contributed by atoms with Crippen molar-refractivity contribution in [2.75, 3.05) is 37.8 Å². The molecule has 1 aliphatic rings. The summed E-state index contributed by atoms with van der Waals surface area (Å²) >= 11 is 0. The van der Waals surface area contributed by atoms with Crippen molar-refractivity contribution in [2.45, 2.75) is 44.7 Å². The van der Waals surface area contributed by atoms with E-state index in [4.69, 9.17) is 4.74 Å². The van der Waals surface area contributed by atoms with Gasteiger partial charge in [-0.1, -0.05) is 26.0 Å². The fraction of sp³-hybridized carbons (Fsp3) is 0.458. The third kappa shape index (κ3) is 5.23. The second-order valence-corrected chi connectivity index (χ2v) is 10.4. The van der Waals surface area contributed by atoms with Crippen LogP contribution in [0.2, 0.25) is 0 Å². The fourth-order valence-corrected chi connectivity index (χ4v) is 5.53. The summed E-state index contributed by atoms with van der Waals surface area (Å²) < 4.78 is 30.9. The van der Waals surface area contributed by atoms with Gasteiger partial charge in [-0.2, -0.15) is 0 Å². The molecule has 2 heterocycles. The highest BCUT2D eigenvalue weighted by molar-refractivity contribution is 7.91. The maximum absolute atomic E-state index is 12.8. The summed E-state index contributed by atoms with van der Waals surface area (Å²) in [5.74, 6) is 0.868. The Morgan fingerprint density at radius 1 is 1.15 bits per heavy atom. The number of methoxy groups -OCH3 is 1. The summed E-state index contributed by atoms with van der Waals surface area (Å²) in [7, 11) is -1.96. The molecule has 9 nitrogen and oxygen atoms in total. The number of benzene rings is 1. The Hall–Kier alpha value is -2.98. The molecule has 10 heteroatoms. The summed E-state index contributed by atoms with van der Waals surface area (Å²) in [6.07, 6.45) is 5.30. The molecule has 0 aliphatic heterocycles. The van der Waals surface area contributed by atoms with Crippen molar-refractivity contribution < 1.29 is 13.2 Å². The average Bonchev–Trinajstić information content (AvgIpc) is 3.52. The molecule has 0 saturated carbocycles. The first-order chi connectivity index (χ1) is 16.4. The van der Waals surface area contributed by atoms with E-state index < -0.39 is 9.84 Å². The number of nitrogens with one attached hydrogen (secondary N) is 2. The standard InChI is InChI=1S/C24H32N6O3S/c1-4-30(5-2)14-7-15-34(31,32)24-27-23(28-29-24)26-22-19-9-6-8-17(19)10-11-20(22)18-12-13-25-21(16-18)33-3/h10-13,16H,4-9,14-15H2,1-3H3,(H2,26,27,28,29). The minimum absolute atomic E-state index is 0.0287. The third-order valence-corrected chi connectivity index (χ3v) is 7.92. The molecule has 0 unspecified atom stereocenters. The molecule has 2 N–H and O–H groups in total. The Balaban J connectivity index is 1.58. The lowest BCUT2D eigenvalue weighted by atomic mass is 9.98. The minimum Gasteiger partial charge on any atom is -0.481 e. The van der Waals surface area contributed by atoms with Crippen molar-refractivity contribution in [1.29, 1.82) is 0 Å². The molecule has 0 radical (unpaired) electrons. The van der Waals surface area contributed by atoms with Gasteiger partial charge in [0.2, 0.25) is 26.8 Å². The van der Waals surface area contributed by atoms with Crippen molar-refractivity contribution in [2.24, 2.45) is 0 Å². The lowest BCUT2D eigenvalue weighted by molar-refractivity contribution is 0.305. The number of sulfone groups is 1. The third-order valence-electron chi connectivity index (χ3n) is 6.32. The van der Waals surface area contributed by atoms with E-state index in [2.05, 4.69) is 56.4 Å². The Morgan fingerprint density at radius 2 is 1.97 bits per heavy atom. The first-order valence-electron chi connectivity index (χ1n) is 11.7. The van der Waals surface area contributed by atoms with Crippen LogP contribution in [0.1, 0.15) is 37.8 Å². The number of aromatic nitrogens is 4. The Bertz CT molecular complexity index is 1240. The van der Waals surface area contributed by atoms with Crippen LogP contribution in [0.3, 0.4) is 0 Å². The summed E-state index contributed by atoms with van der Waals surface area (Å²) in [5, 5.41) is 11.3. The summed E-state index contributed by atoms with van der Waals surface area (Å²) in [6.45, 7) is 6.69. The molecule has 0 amide bonds. The summed E-state index contributed by atoms with van der Waals surface area (Å²) in [5.41, 5.74) is 5.34. The Morgan fingerprint density at radius 3 is 2.74 bits per heavy atom. The van der Waals surface area contributed by atoms with Gasteiger partial charge in [0.05, 0.1) is 18.6 Å². The first kappa shape index (κ1) is 24.2. The van der Waals surface area contributed by atoms with Crippen LogP contribution in [0.25, 0.3) is 11.1 Å². The molecule has 34 heavy (non-hydrogen) atoms. The van der Waals surface area contributed by atoms with Gasteiger partial charge >= 0.3 is 0 Å². The smallest absolute Gasteiger partial charge is 0.248 e. The van der Waals surface area contributed by atoms with Crippen LogP contribution < -0.4 is 10.1 Å². The zero-order valence-electron chi connectivity index (χ0n) is 20.0. The lowest BCUT2D eigenvalue weighted by Gasteiger charge is -2.17. The zero-order valence-corrected chi connectivity index (χ0v) is 20.8. The van der Waals surface area contributed by atoms with Crippen LogP contribution >= 0.6 is 0 Å². The van der Waals surface area contributed by atoms with E-state index in [1.165, 1.54) is 11.1 Å². The van der Waals surface area contributed by atoms with Gasteiger partial charge in [-0.3, -0.25) is 4.98 Å². The number of nitrogens with zero attached hydrogens (tertiary/aromatic N) is 4. The second-order valence-electron chi connectivity index (χ2n) is 8.37. The Kier molecular flexibility index (Phi) is 7.47. The number of hydrogen-bond acceptors (Lipinski definition) is 8. The van der Waals surface area contributed by atoms with Gasteiger partial charge in [0, 0.05) is 17.8 Å². The molecule has 0 atom stereocenters. The van der Waals surface area contributed by atoms with Crippen molar-refractivity contribution in [3.63, 3.8) is 0 Å². The highest BCUT2D eigenvalue weighted by atomic mass is 32.2. The fourth-order valence-electron chi connectivity index (χ4n) is 4.41. The minimum atomic E-state index is -3.55. The molecule has 1 aliphatic carbocycles. The van der Waals surface area contributed by atoms with E-state index in [9.17, 15) is 8.42 Å². The largest absolute Gasteiger partial charge is 0.481 e. The molecular formula is C24H32N6O3S. The molecule has 1 aromatic carbocycles. The molecule has 0 fully saturated rings. The number of aromatic amines is 1. The van der Waals surface area contributed by atoms with Gasteiger partial charge in [-0.25, -0.2) is 13.4 Å². The maximum atomic E-state index is 12.8. The molecule has 2 aromatic heterocycles. The molecule has 3 aromatic rings. The monoisotopic (exact) mass is 484 g/mol. The number of H-pyrrole nitrogens is 1. The lowest BCUT2D eigenvalue weighted by Crippen LogP contribution is -2.25. The van der Waals surface area contributed by atoms with Crippen LogP contribution in [0.15, 0.2) is 35.6 Å². The SMILES string of the molecule is CCN(CC)CCCS(=O)(=O)c1nnc(Nc2c(-c3ccnc(OC)c3)ccc3c2CCC3)[nH]1. The maximum Gasteiger partial charge on any atom is 0.248 e. The van der Waals surface area contributed by atoms with E-state index in [-0.39, 0.29) is 10.9 Å². The van der Waals surface area contributed by atoms with E-state index >= 15 is 0 Å². The van der Waals surface area contributed by atoms with E-state index in [1.807, 2.05) is 12.1 Å².